The summed E-state index contributed by atoms with van der Waals surface area (Å²) in [6.45, 7) is 4.03. The molecule has 0 radical (unpaired) electrons. The van der Waals surface area contributed by atoms with Crippen molar-refractivity contribution < 1.29 is 0 Å². The third kappa shape index (κ3) is 2.67. The Labute approximate surface area is 95.8 Å². The second-order valence-electron chi connectivity index (χ2n) is 3.51. The molecule has 0 aliphatic rings. The van der Waals surface area contributed by atoms with Crippen LogP contribution in [0.3, 0.4) is 0 Å². The van der Waals surface area contributed by atoms with Crippen molar-refractivity contribution in [2.45, 2.75) is 0 Å². The van der Waals surface area contributed by atoms with Gasteiger partial charge in [-0.1, -0.05) is 49.1 Å². The molecule has 0 fully saturated rings. The van der Waals surface area contributed by atoms with E-state index in [1.165, 1.54) is 5.56 Å². The molecular weight excluding hydrogens is 194 g/mol. The highest BCUT2D eigenvalue weighted by Crippen LogP contribution is 2.13. The Kier molecular flexibility index (Phi) is 3.29. The van der Waals surface area contributed by atoms with E-state index in [-0.39, 0.29) is 0 Å². The predicted molar refractivity (Wildman–Crippen MR) is 68.7 cm³/mol. The Balaban J connectivity index is 2.12. The zero-order valence-electron chi connectivity index (χ0n) is 9.01. The van der Waals surface area contributed by atoms with E-state index in [0.717, 1.165) is 11.1 Å². The number of aromatic nitrogens is 1. The third-order valence-electron chi connectivity index (χ3n) is 2.33. The molecule has 0 unspecified atom stereocenters. The van der Waals surface area contributed by atoms with Crippen LogP contribution in [0.5, 0.6) is 0 Å². The highest BCUT2D eigenvalue weighted by atomic mass is 14.6. The van der Waals surface area contributed by atoms with Crippen molar-refractivity contribution in [1.29, 1.82) is 0 Å². The first kappa shape index (κ1) is 10.4. The van der Waals surface area contributed by atoms with Crippen molar-refractivity contribution in [3.8, 4) is 0 Å². The van der Waals surface area contributed by atoms with Crippen molar-refractivity contribution in [2.75, 3.05) is 0 Å². The molecule has 0 aliphatic heterocycles. The van der Waals surface area contributed by atoms with Gasteiger partial charge in [-0.05, 0) is 28.8 Å². The topological polar surface area (TPSA) is 12.9 Å². The fourth-order valence-electron chi connectivity index (χ4n) is 1.42. The summed E-state index contributed by atoms with van der Waals surface area (Å²) in [6, 6.07) is 14.1. The summed E-state index contributed by atoms with van der Waals surface area (Å²) < 4.78 is 0. The molecule has 2 aromatic rings. The van der Waals surface area contributed by atoms with Gasteiger partial charge >= 0.3 is 0 Å². The first-order valence-corrected chi connectivity index (χ1v) is 5.19. The Morgan fingerprint density at radius 2 is 1.69 bits per heavy atom. The predicted octanol–water partition coefficient (Wildman–Crippen LogP) is 3.81. The van der Waals surface area contributed by atoms with Crippen LogP contribution in [0.4, 0.5) is 0 Å². The summed E-state index contributed by atoms with van der Waals surface area (Å²) in [4.78, 5) is 3.98. The van der Waals surface area contributed by atoms with E-state index >= 15 is 0 Å². The molecule has 1 heterocycles. The Morgan fingerprint density at radius 1 is 1.00 bits per heavy atom. The first-order valence-electron chi connectivity index (χ1n) is 5.19. The van der Waals surface area contributed by atoms with E-state index in [4.69, 9.17) is 0 Å². The molecule has 0 spiro atoms. The average molecular weight is 207 g/mol. The number of benzene rings is 1. The van der Waals surface area contributed by atoms with Crippen LogP contribution in [0.1, 0.15) is 11.1 Å². The molecule has 2 rings (SSSR count). The zero-order chi connectivity index (χ0) is 11.2. The summed E-state index contributed by atoms with van der Waals surface area (Å²) in [5, 5.41) is 0. The molecule has 1 aromatic heterocycles. The fourth-order valence-corrected chi connectivity index (χ4v) is 1.42. The summed E-state index contributed by atoms with van der Waals surface area (Å²) in [5.41, 5.74) is 3.27. The smallest absolute Gasteiger partial charge is 0.0273 e. The fraction of sp³-hybridized carbons (Fsp3) is 0. The van der Waals surface area contributed by atoms with Crippen LogP contribution in [0.25, 0.3) is 11.6 Å². The maximum atomic E-state index is 4.03. The van der Waals surface area contributed by atoms with Crippen molar-refractivity contribution in [3.63, 3.8) is 0 Å². The molecule has 0 atom stereocenters. The average Bonchev–Trinajstić information content (AvgIpc) is 2.38. The van der Waals surface area contributed by atoms with E-state index in [1.54, 1.807) is 12.4 Å². The Morgan fingerprint density at radius 3 is 2.38 bits per heavy atom. The largest absolute Gasteiger partial charge is 0.265 e. The Bertz CT molecular complexity index is 483. The summed E-state index contributed by atoms with van der Waals surface area (Å²) in [6.07, 6.45) is 7.63. The normalized spacial score (nSPS) is 10.5. The number of hydrogen-bond acceptors (Lipinski definition) is 1. The monoisotopic (exact) mass is 207 g/mol. The van der Waals surface area contributed by atoms with Gasteiger partial charge in [0.15, 0.2) is 0 Å². The van der Waals surface area contributed by atoms with Crippen LogP contribution in [0, 0.1) is 0 Å². The number of rotatable bonds is 3. The molecule has 0 saturated heterocycles. The van der Waals surface area contributed by atoms with Gasteiger partial charge in [-0.2, -0.15) is 0 Å². The standard InChI is InChI=1S/C15H13N/c1-13(15-9-11-16-12-10-15)7-8-14-5-3-2-4-6-14/h2-12H,1H2. The zero-order valence-corrected chi connectivity index (χ0v) is 9.01. The number of pyridine rings is 1. The number of hydrogen-bond donors (Lipinski definition) is 0. The van der Waals surface area contributed by atoms with Gasteiger partial charge in [0.2, 0.25) is 0 Å². The highest BCUT2D eigenvalue weighted by molar-refractivity contribution is 5.76. The second-order valence-corrected chi connectivity index (χ2v) is 3.51. The van der Waals surface area contributed by atoms with Crippen LogP contribution in [-0.2, 0) is 0 Å². The van der Waals surface area contributed by atoms with Gasteiger partial charge < -0.3 is 0 Å². The molecule has 0 amide bonds. The van der Waals surface area contributed by atoms with Gasteiger partial charge in [0.05, 0.1) is 0 Å². The molecule has 1 aromatic carbocycles. The molecule has 0 N–H and O–H groups in total. The van der Waals surface area contributed by atoms with E-state index in [9.17, 15) is 0 Å². The maximum Gasteiger partial charge on any atom is 0.0273 e. The van der Waals surface area contributed by atoms with Crippen molar-refractivity contribution in [2.24, 2.45) is 0 Å². The lowest BCUT2D eigenvalue weighted by atomic mass is 10.1. The molecule has 0 aliphatic carbocycles. The van der Waals surface area contributed by atoms with Gasteiger partial charge in [0.25, 0.3) is 0 Å². The molecule has 0 bridgehead atoms. The van der Waals surface area contributed by atoms with E-state index < -0.39 is 0 Å². The maximum absolute atomic E-state index is 4.03. The lowest BCUT2D eigenvalue weighted by Crippen LogP contribution is -1.79. The van der Waals surface area contributed by atoms with Gasteiger partial charge in [-0.15, -0.1) is 0 Å². The van der Waals surface area contributed by atoms with E-state index in [2.05, 4.69) is 29.8 Å². The minimum Gasteiger partial charge on any atom is -0.265 e. The number of nitrogens with zero attached hydrogens (tertiary/aromatic N) is 1. The van der Waals surface area contributed by atoms with Crippen LogP contribution in [0.2, 0.25) is 0 Å². The lowest BCUT2D eigenvalue weighted by molar-refractivity contribution is 1.32. The van der Waals surface area contributed by atoms with Crippen molar-refractivity contribution >= 4 is 11.6 Å². The van der Waals surface area contributed by atoms with Crippen LogP contribution in [0.15, 0.2) is 67.5 Å². The lowest BCUT2D eigenvalue weighted by Gasteiger charge is -1.98. The number of allylic oxidation sites excluding steroid dienone is 2. The summed E-state index contributed by atoms with van der Waals surface area (Å²) >= 11 is 0. The van der Waals surface area contributed by atoms with Gasteiger partial charge in [-0.25, -0.2) is 0 Å². The minimum atomic E-state index is 0.992. The van der Waals surface area contributed by atoms with Crippen LogP contribution in [-0.4, -0.2) is 4.98 Å². The summed E-state index contributed by atoms with van der Waals surface area (Å²) in [7, 11) is 0. The molecule has 16 heavy (non-hydrogen) atoms. The quantitative estimate of drug-likeness (QED) is 0.697. The van der Waals surface area contributed by atoms with Gasteiger partial charge in [-0.3, -0.25) is 4.98 Å². The Hall–Kier alpha value is -2.15. The summed E-state index contributed by atoms with van der Waals surface area (Å²) in [5.74, 6) is 0. The van der Waals surface area contributed by atoms with Gasteiger partial charge in [0, 0.05) is 12.4 Å². The first-order chi connectivity index (χ1) is 7.86. The van der Waals surface area contributed by atoms with E-state index in [0.29, 0.717) is 0 Å². The van der Waals surface area contributed by atoms with Crippen molar-refractivity contribution in [3.05, 3.63) is 78.6 Å². The highest BCUT2D eigenvalue weighted by Gasteiger charge is 1.92. The second kappa shape index (κ2) is 5.08. The molecule has 0 saturated carbocycles. The van der Waals surface area contributed by atoms with Crippen molar-refractivity contribution in [1.82, 2.24) is 4.98 Å². The molecular formula is C15H13N. The molecule has 1 heteroatoms. The van der Waals surface area contributed by atoms with E-state index in [1.807, 2.05) is 36.4 Å². The van der Waals surface area contributed by atoms with Crippen LogP contribution >= 0.6 is 0 Å². The van der Waals surface area contributed by atoms with Crippen LogP contribution < -0.4 is 0 Å². The molecule has 1 nitrogen and oxygen atoms in total. The van der Waals surface area contributed by atoms with Gasteiger partial charge in [0.1, 0.15) is 0 Å². The third-order valence-corrected chi connectivity index (χ3v) is 2.33. The minimum absolute atomic E-state index is 0.992. The SMILES string of the molecule is C=C(C=Cc1ccccc1)c1ccncc1. The molecule has 78 valence electrons.